The van der Waals surface area contributed by atoms with Gasteiger partial charge in [-0.15, -0.1) is 13.2 Å². The number of carbonyl (C=O) groups is 1. The van der Waals surface area contributed by atoms with Crippen molar-refractivity contribution in [1.29, 1.82) is 0 Å². The quantitative estimate of drug-likeness (QED) is 0.471. The summed E-state index contributed by atoms with van der Waals surface area (Å²) in [7, 11) is 0. The summed E-state index contributed by atoms with van der Waals surface area (Å²) in [6.07, 6.45) is -4.37. The first-order chi connectivity index (χ1) is 15.3. The lowest BCUT2D eigenvalue weighted by atomic mass is 10.0. The molecule has 0 bridgehead atoms. The van der Waals surface area contributed by atoms with E-state index >= 15 is 0 Å². The van der Waals surface area contributed by atoms with Gasteiger partial charge >= 0.3 is 6.36 Å². The van der Waals surface area contributed by atoms with Gasteiger partial charge in [0.2, 0.25) is 0 Å². The van der Waals surface area contributed by atoms with Crippen molar-refractivity contribution in [3.05, 3.63) is 96.1 Å². The maximum Gasteiger partial charge on any atom is 0.573 e. The van der Waals surface area contributed by atoms with Crippen molar-refractivity contribution in [2.45, 2.75) is 31.8 Å². The molecule has 0 aliphatic carbocycles. The van der Waals surface area contributed by atoms with Crippen molar-refractivity contribution in [1.82, 2.24) is 0 Å². The average Bonchev–Trinajstić information content (AvgIpc) is 3.10. The molecule has 0 spiro atoms. The van der Waals surface area contributed by atoms with Crippen LogP contribution in [-0.2, 0) is 4.79 Å². The van der Waals surface area contributed by atoms with Crippen LogP contribution in [0.1, 0.15) is 36.6 Å². The highest BCUT2D eigenvalue weighted by atomic mass is 19.4. The molecule has 3 aromatic carbocycles. The Morgan fingerprint density at radius 2 is 1.53 bits per heavy atom. The number of rotatable bonds is 5. The molecule has 164 valence electrons. The number of carbonyl (C=O) groups excluding carboxylic acids is 1. The van der Waals surface area contributed by atoms with Crippen LogP contribution in [0.25, 0.3) is 0 Å². The van der Waals surface area contributed by atoms with Crippen LogP contribution in [0.15, 0.2) is 89.9 Å². The second kappa shape index (κ2) is 8.86. The Kier molecular flexibility index (Phi) is 5.99. The Morgan fingerprint density at radius 3 is 2.12 bits per heavy atom. The molecule has 0 unspecified atom stereocenters. The second-order valence-electron chi connectivity index (χ2n) is 7.51. The molecule has 4 nitrogen and oxygen atoms in total. The molecule has 1 fully saturated rings. The van der Waals surface area contributed by atoms with Gasteiger partial charge < -0.3 is 4.74 Å². The van der Waals surface area contributed by atoms with Gasteiger partial charge in [-0.05, 0) is 42.3 Å². The zero-order valence-corrected chi connectivity index (χ0v) is 17.3. The van der Waals surface area contributed by atoms with Crippen LogP contribution in [0.5, 0.6) is 5.75 Å². The lowest BCUT2D eigenvalue weighted by Gasteiger charge is -2.25. The minimum absolute atomic E-state index is 0.200. The number of amides is 1. The lowest BCUT2D eigenvalue weighted by molar-refractivity contribution is -0.274. The van der Waals surface area contributed by atoms with E-state index in [0.717, 1.165) is 11.1 Å². The Bertz CT molecular complexity index is 1100. The van der Waals surface area contributed by atoms with Gasteiger partial charge in [-0.25, -0.2) is 0 Å². The Hall–Kier alpha value is -3.61. The fraction of sp³-hybridized carbons (Fsp3) is 0.200. The average molecular weight is 438 g/mol. The minimum Gasteiger partial charge on any atom is -0.406 e. The summed E-state index contributed by atoms with van der Waals surface area (Å²) in [6, 6.07) is 24.0. The number of ether oxygens (including phenoxy) is 1. The van der Waals surface area contributed by atoms with E-state index in [4.69, 9.17) is 4.99 Å². The molecule has 1 aliphatic rings. The van der Waals surface area contributed by atoms with Crippen molar-refractivity contribution < 1.29 is 22.7 Å². The lowest BCUT2D eigenvalue weighted by Crippen LogP contribution is -2.29. The van der Waals surface area contributed by atoms with Gasteiger partial charge in [0.1, 0.15) is 11.5 Å². The number of aliphatic imine (C=N–C) groups is 1. The molecule has 0 N–H and O–H groups in total. The summed E-state index contributed by atoms with van der Waals surface area (Å²) in [6.45, 7) is 1.93. The molecule has 7 heteroatoms. The molecule has 1 saturated heterocycles. The summed E-state index contributed by atoms with van der Waals surface area (Å²) < 4.78 is 41.4. The van der Waals surface area contributed by atoms with E-state index in [1.165, 1.54) is 24.3 Å². The number of anilines is 1. The third-order valence-electron chi connectivity index (χ3n) is 5.33. The van der Waals surface area contributed by atoms with Gasteiger partial charge in [0.25, 0.3) is 5.91 Å². The van der Waals surface area contributed by atoms with E-state index in [-0.39, 0.29) is 23.7 Å². The third-order valence-corrected chi connectivity index (χ3v) is 5.33. The largest absolute Gasteiger partial charge is 0.573 e. The molecule has 4 rings (SSSR count). The summed E-state index contributed by atoms with van der Waals surface area (Å²) in [5.41, 5.74) is 2.84. The molecule has 32 heavy (non-hydrogen) atoms. The zero-order chi connectivity index (χ0) is 22.7. The fourth-order valence-electron chi connectivity index (χ4n) is 3.84. The number of halogens is 3. The fourth-order valence-corrected chi connectivity index (χ4v) is 3.84. The summed E-state index contributed by atoms with van der Waals surface area (Å²) in [4.78, 5) is 19.6. The molecule has 0 saturated carbocycles. The molecular weight excluding hydrogens is 417 g/mol. The number of alkyl halides is 3. The highest BCUT2D eigenvalue weighted by molar-refractivity contribution is 6.46. The topological polar surface area (TPSA) is 41.9 Å². The van der Waals surface area contributed by atoms with Crippen LogP contribution >= 0.6 is 0 Å². The van der Waals surface area contributed by atoms with Gasteiger partial charge in [0, 0.05) is 12.1 Å². The summed E-state index contributed by atoms with van der Waals surface area (Å²) in [5.74, 6) is -0.595. The Labute approximate surface area is 184 Å². The van der Waals surface area contributed by atoms with Crippen molar-refractivity contribution in [3.63, 3.8) is 0 Å². The third kappa shape index (κ3) is 4.82. The SMILES string of the molecule is C[C@@H](N=C1C[C@H](c2ccccc2)N(c2ccc(OC(F)(F)F)cc2)C1=O)c1ccccc1. The van der Waals surface area contributed by atoms with Gasteiger partial charge in [-0.2, -0.15) is 0 Å². The van der Waals surface area contributed by atoms with Crippen LogP contribution in [-0.4, -0.2) is 18.0 Å². The zero-order valence-electron chi connectivity index (χ0n) is 17.3. The summed E-state index contributed by atoms with van der Waals surface area (Å²) >= 11 is 0. The van der Waals surface area contributed by atoms with E-state index < -0.39 is 6.36 Å². The molecule has 3 aromatic rings. The van der Waals surface area contributed by atoms with Gasteiger partial charge in [-0.1, -0.05) is 60.7 Å². The van der Waals surface area contributed by atoms with E-state index in [9.17, 15) is 18.0 Å². The van der Waals surface area contributed by atoms with Crippen molar-refractivity contribution >= 4 is 17.3 Å². The molecular formula is C25H21F3N2O2. The molecule has 2 atom stereocenters. The first kappa shape index (κ1) is 21.6. The van der Waals surface area contributed by atoms with E-state index in [2.05, 4.69) is 4.74 Å². The van der Waals surface area contributed by atoms with Gasteiger partial charge in [0.05, 0.1) is 12.1 Å². The van der Waals surface area contributed by atoms with Crippen molar-refractivity contribution in [2.24, 2.45) is 4.99 Å². The number of hydrogen-bond acceptors (Lipinski definition) is 3. The highest BCUT2D eigenvalue weighted by Crippen LogP contribution is 2.37. The molecule has 1 aliphatic heterocycles. The predicted octanol–water partition coefficient (Wildman–Crippen LogP) is 6.27. The Morgan fingerprint density at radius 1 is 0.938 bits per heavy atom. The normalized spacial score (nSPS) is 18.8. The monoisotopic (exact) mass is 438 g/mol. The van der Waals surface area contributed by atoms with Crippen LogP contribution in [0.3, 0.4) is 0 Å². The van der Waals surface area contributed by atoms with Gasteiger partial charge in [0.15, 0.2) is 0 Å². The number of benzene rings is 3. The molecule has 0 aromatic heterocycles. The van der Waals surface area contributed by atoms with Crippen LogP contribution < -0.4 is 9.64 Å². The number of nitrogens with zero attached hydrogens (tertiary/aromatic N) is 2. The van der Waals surface area contributed by atoms with E-state index in [1.54, 1.807) is 4.90 Å². The highest BCUT2D eigenvalue weighted by Gasteiger charge is 2.39. The van der Waals surface area contributed by atoms with Crippen LogP contribution in [0.4, 0.5) is 18.9 Å². The minimum atomic E-state index is -4.77. The van der Waals surface area contributed by atoms with Crippen molar-refractivity contribution in [2.75, 3.05) is 4.90 Å². The smallest absolute Gasteiger partial charge is 0.406 e. The van der Waals surface area contributed by atoms with E-state index in [1.807, 2.05) is 67.6 Å². The van der Waals surface area contributed by atoms with Crippen molar-refractivity contribution in [3.8, 4) is 5.75 Å². The summed E-state index contributed by atoms with van der Waals surface area (Å²) in [5, 5.41) is 0. The molecule has 1 heterocycles. The maximum atomic E-state index is 13.4. The van der Waals surface area contributed by atoms with E-state index in [0.29, 0.717) is 17.8 Å². The predicted molar refractivity (Wildman–Crippen MR) is 117 cm³/mol. The Balaban J connectivity index is 1.67. The number of hydrogen-bond donors (Lipinski definition) is 0. The first-order valence-corrected chi connectivity index (χ1v) is 10.2. The first-order valence-electron chi connectivity index (χ1n) is 10.2. The van der Waals surface area contributed by atoms with Gasteiger partial charge in [-0.3, -0.25) is 14.7 Å². The maximum absolute atomic E-state index is 13.4. The van der Waals surface area contributed by atoms with Crippen LogP contribution in [0, 0.1) is 0 Å². The molecule has 1 amide bonds. The second-order valence-corrected chi connectivity index (χ2v) is 7.51. The van der Waals surface area contributed by atoms with Crippen LogP contribution in [0.2, 0.25) is 0 Å². The standard InChI is InChI=1S/C25H21F3N2O2/c1-17(18-8-4-2-5-9-18)29-22-16-23(19-10-6-3-7-11-19)30(24(22)31)20-12-14-21(15-13-20)32-25(26,27)28/h2-15,17,23H,16H2,1H3/t17-,23-/m1/s1. The molecule has 0 radical (unpaired) electrons.